The molecule has 3 N–H and O–H groups in total. The molecule has 21 heavy (non-hydrogen) atoms. The van der Waals surface area contributed by atoms with Crippen molar-refractivity contribution in [3.63, 3.8) is 0 Å². The summed E-state index contributed by atoms with van der Waals surface area (Å²) in [6.07, 6.45) is 2.31. The van der Waals surface area contributed by atoms with Crippen LogP contribution in [0.2, 0.25) is 0 Å². The molecule has 5 heteroatoms. The molecule has 5 nitrogen and oxygen atoms in total. The van der Waals surface area contributed by atoms with Gasteiger partial charge in [-0.2, -0.15) is 0 Å². The van der Waals surface area contributed by atoms with Crippen LogP contribution in [-0.4, -0.2) is 24.5 Å². The van der Waals surface area contributed by atoms with Crippen molar-refractivity contribution < 1.29 is 9.53 Å². The third-order valence-electron chi connectivity index (χ3n) is 3.16. The van der Waals surface area contributed by atoms with Gasteiger partial charge in [0.05, 0.1) is 12.8 Å². The van der Waals surface area contributed by atoms with Crippen LogP contribution in [0.25, 0.3) is 0 Å². The minimum Gasteiger partial charge on any atom is -0.496 e. The van der Waals surface area contributed by atoms with Gasteiger partial charge in [0.25, 0.3) is 5.91 Å². The molecule has 0 unspecified atom stereocenters. The fraction of sp³-hybridized carbons (Fsp3) is 0.250. The lowest BCUT2D eigenvalue weighted by atomic mass is 10.1. The zero-order valence-electron chi connectivity index (χ0n) is 12.0. The van der Waals surface area contributed by atoms with E-state index >= 15 is 0 Å². The van der Waals surface area contributed by atoms with Gasteiger partial charge in [0, 0.05) is 24.8 Å². The van der Waals surface area contributed by atoms with Crippen molar-refractivity contribution in [3.05, 3.63) is 59.4 Å². The Labute approximate surface area is 124 Å². The summed E-state index contributed by atoms with van der Waals surface area (Å²) in [5.41, 5.74) is 7.86. The van der Waals surface area contributed by atoms with Gasteiger partial charge >= 0.3 is 0 Å². The minimum absolute atomic E-state index is 0.123. The average Bonchev–Trinajstić information content (AvgIpc) is 2.55. The van der Waals surface area contributed by atoms with Crippen LogP contribution in [0.5, 0.6) is 5.75 Å². The first-order chi connectivity index (χ1) is 10.2. The third-order valence-corrected chi connectivity index (χ3v) is 3.16. The van der Waals surface area contributed by atoms with Gasteiger partial charge in [-0.05, 0) is 30.2 Å². The Hall–Kier alpha value is -2.40. The van der Waals surface area contributed by atoms with Crippen molar-refractivity contribution >= 4 is 5.91 Å². The van der Waals surface area contributed by atoms with Crippen LogP contribution in [0.4, 0.5) is 0 Å². The number of para-hydroxylation sites is 1. The highest BCUT2D eigenvalue weighted by Crippen LogP contribution is 2.17. The summed E-state index contributed by atoms with van der Waals surface area (Å²) in [7, 11) is 1.64. The molecular weight excluding hydrogens is 266 g/mol. The summed E-state index contributed by atoms with van der Waals surface area (Å²) < 4.78 is 5.28. The van der Waals surface area contributed by atoms with Crippen LogP contribution < -0.4 is 15.8 Å². The molecule has 0 radical (unpaired) electrons. The number of methoxy groups -OCH3 is 1. The zero-order chi connectivity index (χ0) is 15.1. The lowest BCUT2D eigenvalue weighted by Crippen LogP contribution is -2.26. The molecule has 1 heterocycles. The molecule has 0 saturated heterocycles. The van der Waals surface area contributed by atoms with E-state index in [1.807, 2.05) is 24.3 Å². The fourth-order valence-electron chi connectivity index (χ4n) is 2.05. The highest BCUT2D eigenvalue weighted by atomic mass is 16.5. The summed E-state index contributed by atoms with van der Waals surface area (Å²) in [5.74, 6) is 0.711. The number of amides is 1. The predicted molar refractivity (Wildman–Crippen MR) is 81.2 cm³/mol. The van der Waals surface area contributed by atoms with Gasteiger partial charge in [-0.25, -0.2) is 0 Å². The monoisotopic (exact) mass is 285 g/mol. The van der Waals surface area contributed by atoms with E-state index in [-0.39, 0.29) is 5.91 Å². The maximum Gasteiger partial charge on any atom is 0.251 e. The minimum atomic E-state index is -0.123. The van der Waals surface area contributed by atoms with Crippen LogP contribution in [0, 0.1) is 0 Å². The second-order valence-electron chi connectivity index (χ2n) is 4.56. The standard InChI is InChI=1S/C16H19N3O2/c1-21-15-5-3-2-4-12(15)6-9-19-16(20)13-7-8-18-14(10-13)11-17/h2-5,7-8,10H,6,9,11,17H2,1H3,(H,19,20). The van der Waals surface area contributed by atoms with Gasteiger partial charge in [-0.1, -0.05) is 18.2 Å². The Kier molecular flexibility index (Phi) is 5.29. The number of hydrogen-bond donors (Lipinski definition) is 2. The maximum absolute atomic E-state index is 12.0. The Morgan fingerprint density at radius 3 is 2.90 bits per heavy atom. The van der Waals surface area contributed by atoms with E-state index in [2.05, 4.69) is 10.3 Å². The van der Waals surface area contributed by atoms with Crippen molar-refractivity contribution in [1.29, 1.82) is 0 Å². The topological polar surface area (TPSA) is 77.2 Å². The zero-order valence-corrected chi connectivity index (χ0v) is 12.0. The first-order valence-corrected chi connectivity index (χ1v) is 6.79. The molecule has 2 aromatic rings. The van der Waals surface area contributed by atoms with Crippen LogP contribution >= 0.6 is 0 Å². The first kappa shape index (κ1) is 15.0. The number of benzene rings is 1. The molecule has 0 atom stereocenters. The maximum atomic E-state index is 12.0. The van der Waals surface area contributed by atoms with E-state index < -0.39 is 0 Å². The normalized spacial score (nSPS) is 10.2. The van der Waals surface area contributed by atoms with Gasteiger partial charge in [-0.3, -0.25) is 9.78 Å². The molecule has 1 aromatic heterocycles. The van der Waals surface area contributed by atoms with Gasteiger partial charge in [0.2, 0.25) is 0 Å². The Morgan fingerprint density at radius 2 is 2.14 bits per heavy atom. The van der Waals surface area contributed by atoms with Crippen LogP contribution in [-0.2, 0) is 13.0 Å². The largest absolute Gasteiger partial charge is 0.496 e. The molecule has 0 saturated carbocycles. The summed E-state index contributed by atoms with van der Waals surface area (Å²) >= 11 is 0. The lowest BCUT2D eigenvalue weighted by Gasteiger charge is -2.09. The predicted octanol–water partition coefficient (Wildman–Crippen LogP) is 1.52. The Bertz CT molecular complexity index is 614. The molecule has 0 bridgehead atoms. The number of nitrogens with one attached hydrogen (secondary N) is 1. The molecule has 1 aromatic carbocycles. The molecule has 2 rings (SSSR count). The van der Waals surface area contributed by atoms with Crippen LogP contribution in [0.15, 0.2) is 42.6 Å². The number of carbonyl (C=O) groups is 1. The Balaban J connectivity index is 1.92. The summed E-state index contributed by atoms with van der Waals surface area (Å²) in [6, 6.07) is 11.2. The summed E-state index contributed by atoms with van der Waals surface area (Å²) in [6.45, 7) is 0.863. The number of rotatable bonds is 6. The fourth-order valence-corrected chi connectivity index (χ4v) is 2.05. The molecule has 0 aliphatic carbocycles. The number of aromatic nitrogens is 1. The molecule has 1 amide bonds. The molecule has 0 fully saturated rings. The van der Waals surface area contributed by atoms with Crippen molar-refractivity contribution in [1.82, 2.24) is 10.3 Å². The van der Waals surface area contributed by atoms with Crippen molar-refractivity contribution in [2.75, 3.05) is 13.7 Å². The SMILES string of the molecule is COc1ccccc1CCNC(=O)c1ccnc(CN)c1. The number of hydrogen-bond acceptors (Lipinski definition) is 4. The number of nitrogens with zero attached hydrogens (tertiary/aromatic N) is 1. The first-order valence-electron chi connectivity index (χ1n) is 6.79. The Morgan fingerprint density at radius 1 is 1.33 bits per heavy atom. The highest BCUT2D eigenvalue weighted by molar-refractivity contribution is 5.94. The second kappa shape index (κ2) is 7.40. The number of ether oxygens (including phenoxy) is 1. The summed E-state index contributed by atoms with van der Waals surface area (Å²) in [5, 5.41) is 2.89. The molecule has 0 aliphatic rings. The van der Waals surface area contributed by atoms with E-state index in [0.29, 0.717) is 30.8 Å². The summed E-state index contributed by atoms with van der Waals surface area (Å²) in [4.78, 5) is 16.1. The quantitative estimate of drug-likeness (QED) is 0.843. The van der Waals surface area contributed by atoms with Gasteiger partial charge < -0.3 is 15.8 Å². The number of carbonyl (C=O) groups excluding carboxylic acids is 1. The second-order valence-corrected chi connectivity index (χ2v) is 4.56. The number of pyridine rings is 1. The molecule has 110 valence electrons. The van der Waals surface area contributed by atoms with Gasteiger partial charge in [-0.15, -0.1) is 0 Å². The molecular formula is C16H19N3O2. The van der Waals surface area contributed by atoms with E-state index in [9.17, 15) is 4.79 Å². The van der Waals surface area contributed by atoms with E-state index in [1.54, 1.807) is 25.4 Å². The van der Waals surface area contributed by atoms with Crippen LogP contribution in [0.1, 0.15) is 21.6 Å². The van der Waals surface area contributed by atoms with Crippen molar-refractivity contribution in [2.45, 2.75) is 13.0 Å². The molecule has 0 aliphatic heterocycles. The average molecular weight is 285 g/mol. The molecule has 0 spiro atoms. The van der Waals surface area contributed by atoms with Crippen molar-refractivity contribution in [3.8, 4) is 5.75 Å². The van der Waals surface area contributed by atoms with E-state index in [1.165, 1.54) is 0 Å². The third kappa shape index (κ3) is 4.03. The highest BCUT2D eigenvalue weighted by Gasteiger charge is 2.07. The van der Waals surface area contributed by atoms with E-state index in [0.717, 1.165) is 11.3 Å². The van der Waals surface area contributed by atoms with Gasteiger partial charge in [0.1, 0.15) is 5.75 Å². The van der Waals surface area contributed by atoms with Crippen molar-refractivity contribution in [2.24, 2.45) is 5.73 Å². The van der Waals surface area contributed by atoms with E-state index in [4.69, 9.17) is 10.5 Å². The lowest BCUT2D eigenvalue weighted by molar-refractivity contribution is 0.0954. The number of nitrogens with two attached hydrogens (primary N) is 1. The van der Waals surface area contributed by atoms with Gasteiger partial charge in [0.15, 0.2) is 0 Å². The smallest absolute Gasteiger partial charge is 0.251 e. The van der Waals surface area contributed by atoms with Crippen LogP contribution in [0.3, 0.4) is 0 Å².